The van der Waals surface area contributed by atoms with Gasteiger partial charge in [-0.1, -0.05) is 12.1 Å². The number of para-hydroxylation sites is 1. The molecule has 3 rings (SSSR count). The average Bonchev–Trinajstić information content (AvgIpc) is 3.23. The number of benzene rings is 2. The maximum Gasteiger partial charge on any atom is 0.341 e. The van der Waals surface area contributed by atoms with E-state index in [0.717, 1.165) is 19.2 Å². The lowest BCUT2D eigenvalue weighted by molar-refractivity contribution is -0.394. The van der Waals surface area contributed by atoms with Crippen LogP contribution in [-0.2, 0) is 9.47 Å². The van der Waals surface area contributed by atoms with Crippen molar-refractivity contribution < 1.29 is 38.5 Å². The lowest BCUT2D eigenvalue weighted by Gasteiger charge is -2.09. The number of nitrogens with one attached hydrogen (secondary N) is 2. The van der Waals surface area contributed by atoms with Crippen molar-refractivity contribution in [1.82, 2.24) is 0 Å². The zero-order valence-corrected chi connectivity index (χ0v) is 20.7. The van der Waals surface area contributed by atoms with Gasteiger partial charge in [-0.2, -0.15) is 0 Å². The van der Waals surface area contributed by atoms with Crippen LogP contribution >= 0.6 is 11.3 Å². The van der Waals surface area contributed by atoms with Crippen LogP contribution in [0.1, 0.15) is 46.3 Å². The van der Waals surface area contributed by atoms with Gasteiger partial charge >= 0.3 is 11.9 Å². The average molecular weight is 542 g/mol. The number of hydrogen-bond donors (Lipinski definition) is 2. The minimum absolute atomic E-state index is 0.0228. The molecular weight excluding hydrogens is 524 g/mol. The number of thiophene rings is 1. The van der Waals surface area contributed by atoms with Crippen molar-refractivity contribution in [1.29, 1.82) is 0 Å². The van der Waals surface area contributed by atoms with Crippen LogP contribution in [0, 0.1) is 27.2 Å². The Morgan fingerprint density at radius 2 is 1.42 bits per heavy atom. The van der Waals surface area contributed by atoms with Gasteiger partial charge < -0.3 is 20.1 Å². The van der Waals surface area contributed by atoms with Gasteiger partial charge in [0.2, 0.25) is 0 Å². The number of rotatable bonds is 8. The fourth-order valence-electron chi connectivity index (χ4n) is 3.34. The minimum Gasteiger partial charge on any atom is -0.465 e. The van der Waals surface area contributed by atoms with Crippen LogP contribution < -0.4 is 10.6 Å². The molecule has 0 aliphatic rings. The van der Waals surface area contributed by atoms with Crippen molar-refractivity contribution in [3.63, 3.8) is 0 Å². The van der Waals surface area contributed by atoms with Crippen LogP contribution in [0.15, 0.2) is 42.5 Å². The van der Waals surface area contributed by atoms with E-state index >= 15 is 0 Å². The molecule has 15 heteroatoms. The van der Waals surface area contributed by atoms with Gasteiger partial charge in [0.05, 0.1) is 57.4 Å². The number of ether oxygens (including phenoxy) is 2. The Hall–Kier alpha value is -5.18. The van der Waals surface area contributed by atoms with Gasteiger partial charge in [-0.05, 0) is 24.6 Å². The van der Waals surface area contributed by atoms with E-state index in [1.165, 1.54) is 26.2 Å². The molecule has 196 valence electrons. The van der Waals surface area contributed by atoms with E-state index in [4.69, 9.17) is 9.47 Å². The van der Waals surface area contributed by atoms with E-state index < -0.39 is 50.5 Å². The molecule has 0 aliphatic carbocycles. The lowest BCUT2D eigenvalue weighted by atomic mass is 10.1. The predicted molar refractivity (Wildman–Crippen MR) is 134 cm³/mol. The van der Waals surface area contributed by atoms with Crippen LogP contribution in [0.25, 0.3) is 0 Å². The highest BCUT2D eigenvalue weighted by atomic mass is 32.1. The van der Waals surface area contributed by atoms with Gasteiger partial charge in [0.25, 0.3) is 23.2 Å². The Morgan fingerprint density at radius 3 is 1.97 bits per heavy atom. The number of nitro benzene ring substituents is 2. The van der Waals surface area contributed by atoms with Gasteiger partial charge in [0, 0.05) is 12.1 Å². The molecule has 2 amide bonds. The number of hydrogen-bond acceptors (Lipinski definition) is 11. The first-order chi connectivity index (χ1) is 18.0. The summed E-state index contributed by atoms with van der Waals surface area (Å²) in [6.07, 6.45) is 0. The topological polar surface area (TPSA) is 197 Å². The smallest absolute Gasteiger partial charge is 0.341 e. The predicted octanol–water partition coefficient (Wildman–Crippen LogP) is 3.95. The first kappa shape index (κ1) is 27.4. The second-order valence-electron chi connectivity index (χ2n) is 7.45. The Labute approximate surface area is 217 Å². The van der Waals surface area contributed by atoms with E-state index in [1.807, 2.05) is 0 Å². The van der Waals surface area contributed by atoms with Crippen molar-refractivity contribution in [2.75, 3.05) is 24.9 Å². The SMILES string of the molecule is COC(=O)c1ccccc1NC(=O)c1sc(NC(=O)c2cc([N+](=O)[O-])cc([N+](=O)[O-])c2)c(C(=O)OC)c1C. The van der Waals surface area contributed by atoms with Crippen LogP contribution in [0.5, 0.6) is 0 Å². The van der Waals surface area contributed by atoms with E-state index in [0.29, 0.717) is 17.4 Å². The summed E-state index contributed by atoms with van der Waals surface area (Å²) >= 11 is 0.692. The standard InChI is InChI=1S/C23H18N4O10S/c1-11-17(23(31)37-3)21(25-19(28)12-8-13(26(32)33)10-14(9-12)27(34)35)38-18(11)20(29)24-16-7-5-4-6-15(16)22(30)36-2/h4-10H,1-3H3,(H,24,29)(H,25,28). The second kappa shape index (κ2) is 11.3. The Morgan fingerprint density at radius 1 is 0.842 bits per heavy atom. The van der Waals surface area contributed by atoms with E-state index in [1.54, 1.807) is 12.1 Å². The zero-order chi connectivity index (χ0) is 28.1. The molecule has 38 heavy (non-hydrogen) atoms. The number of carbonyl (C=O) groups excluding carboxylic acids is 4. The molecule has 0 fully saturated rings. The highest BCUT2D eigenvalue weighted by Gasteiger charge is 2.28. The molecule has 1 aromatic heterocycles. The molecule has 0 atom stereocenters. The molecule has 1 heterocycles. The van der Waals surface area contributed by atoms with Crippen LogP contribution in [0.3, 0.4) is 0 Å². The zero-order valence-electron chi connectivity index (χ0n) is 19.9. The summed E-state index contributed by atoms with van der Waals surface area (Å²) in [6.45, 7) is 1.43. The summed E-state index contributed by atoms with van der Waals surface area (Å²) in [5, 5.41) is 27.1. The maximum atomic E-state index is 13.1. The molecule has 0 unspecified atom stereocenters. The highest BCUT2D eigenvalue weighted by molar-refractivity contribution is 7.19. The van der Waals surface area contributed by atoms with Crippen LogP contribution in [0.4, 0.5) is 22.1 Å². The fourth-order valence-corrected chi connectivity index (χ4v) is 4.42. The van der Waals surface area contributed by atoms with E-state index in [9.17, 15) is 39.4 Å². The molecular formula is C23H18N4O10S. The molecule has 0 saturated carbocycles. The van der Waals surface area contributed by atoms with Crippen molar-refractivity contribution in [2.24, 2.45) is 0 Å². The van der Waals surface area contributed by atoms with Crippen LogP contribution in [0.2, 0.25) is 0 Å². The molecule has 0 spiro atoms. The summed E-state index contributed by atoms with van der Waals surface area (Å²) < 4.78 is 9.48. The number of anilines is 2. The Balaban J connectivity index is 2.01. The summed E-state index contributed by atoms with van der Waals surface area (Å²) in [6, 6.07) is 8.40. The molecule has 2 N–H and O–H groups in total. The van der Waals surface area contributed by atoms with Gasteiger partial charge in [-0.25, -0.2) is 9.59 Å². The molecule has 0 saturated heterocycles. The summed E-state index contributed by atoms with van der Waals surface area (Å²) in [5.41, 5.74) is -1.63. The van der Waals surface area contributed by atoms with Gasteiger partial charge in [-0.3, -0.25) is 29.8 Å². The number of nitrogens with zero attached hydrogens (tertiary/aromatic N) is 2. The maximum absolute atomic E-state index is 13.1. The van der Waals surface area contributed by atoms with Gasteiger partial charge in [0.1, 0.15) is 5.00 Å². The molecule has 0 radical (unpaired) electrons. The minimum atomic E-state index is -1.01. The largest absolute Gasteiger partial charge is 0.465 e. The second-order valence-corrected chi connectivity index (χ2v) is 8.47. The third kappa shape index (κ3) is 5.62. The number of methoxy groups -OCH3 is 2. The molecule has 2 aromatic carbocycles. The molecule has 14 nitrogen and oxygen atoms in total. The lowest BCUT2D eigenvalue weighted by Crippen LogP contribution is -2.16. The van der Waals surface area contributed by atoms with Gasteiger partial charge in [-0.15, -0.1) is 11.3 Å². The van der Waals surface area contributed by atoms with Gasteiger partial charge in [0.15, 0.2) is 0 Å². The summed E-state index contributed by atoms with van der Waals surface area (Å²) in [5.74, 6) is -3.32. The van der Waals surface area contributed by atoms with Crippen molar-refractivity contribution in [3.05, 3.63) is 89.8 Å². The van der Waals surface area contributed by atoms with E-state index in [2.05, 4.69) is 10.6 Å². The van der Waals surface area contributed by atoms with Crippen molar-refractivity contribution in [3.8, 4) is 0 Å². The Bertz CT molecular complexity index is 1470. The summed E-state index contributed by atoms with van der Waals surface area (Å²) in [7, 11) is 2.26. The number of non-ortho nitro benzene ring substituents is 2. The number of carbonyl (C=O) groups is 4. The normalized spacial score (nSPS) is 10.3. The first-order valence-electron chi connectivity index (χ1n) is 10.4. The quantitative estimate of drug-likeness (QED) is 0.239. The molecule has 3 aromatic rings. The van der Waals surface area contributed by atoms with Crippen molar-refractivity contribution >= 4 is 57.2 Å². The molecule has 0 bridgehead atoms. The molecule has 0 aliphatic heterocycles. The summed E-state index contributed by atoms with van der Waals surface area (Å²) in [4.78, 5) is 71.1. The monoisotopic (exact) mass is 542 g/mol. The van der Waals surface area contributed by atoms with Crippen LogP contribution in [-0.4, -0.2) is 47.8 Å². The van der Waals surface area contributed by atoms with E-state index in [-0.39, 0.29) is 32.3 Å². The van der Waals surface area contributed by atoms with Crippen molar-refractivity contribution in [2.45, 2.75) is 6.92 Å². The third-order valence-electron chi connectivity index (χ3n) is 5.14. The number of amides is 2. The number of nitro groups is 2. The highest BCUT2D eigenvalue weighted by Crippen LogP contribution is 2.35. The fraction of sp³-hybridized carbons (Fsp3) is 0.130. The Kier molecular flexibility index (Phi) is 8.12. The third-order valence-corrected chi connectivity index (χ3v) is 6.34. The first-order valence-corrected chi connectivity index (χ1v) is 11.3. The number of esters is 2.